The maximum Gasteiger partial charge on any atom is 0.410 e. The quantitative estimate of drug-likeness (QED) is 0.473. The monoisotopic (exact) mass is 513 g/mol. The van der Waals surface area contributed by atoms with Gasteiger partial charge in [0.25, 0.3) is 6.29 Å². The van der Waals surface area contributed by atoms with Crippen LogP contribution in [0.2, 0.25) is 0 Å². The van der Waals surface area contributed by atoms with Crippen LogP contribution >= 0.6 is 0 Å². The lowest BCUT2D eigenvalue weighted by Crippen LogP contribution is -2.48. The summed E-state index contributed by atoms with van der Waals surface area (Å²) in [5, 5.41) is 0. The molecular formula is C27H29F2N3O5. The maximum absolute atomic E-state index is 15.4. The number of aromatic nitrogens is 2. The third-order valence-electron chi connectivity index (χ3n) is 6.13. The van der Waals surface area contributed by atoms with Crippen molar-refractivity contribution in [1.82, 2.24) is 14.3 Å². The lowest BCUT2D eigenvalue weighted by Gasteiger charge is -2.34. The van der Waals surface area contributed by atoms with Gasteiger partial charge in [-0.15, -0.1) is 0 Å². The number of halogens is 2. The fourth-order valence-electron chi connectivity index (χ4n) is 4.49. The summed E-state index contributed by atoms with van der Waals surface area (Å²) in [5.41, 5.74) is 1.62. The van der Waals surface area contributed by atoms with Gasteiger partial charge in [0.1, 0.15) is 35.4 Å². The smallest absolute Gasteiger partial charge is 0.410 e. The molecule has 0 aliphatic carbocycles. The molecule has 0 unspecified atom stereocenters. The number of carbonyl (C=O) groups excluding carboxylic acids is 1. The van der Waals surface area contributed by atoms with Crippen LogP contribution < -0.4 is 0 Å². The van der Waals surface area contributed by atoms with E-state index in [0.717, 1.165) is 5.56 Å². The van der Waals surface area contributed by atoms with Gasteiger partial charge in [0, 0.05) is 24.7 Å². The van der Waals surface area contributed by atoms with Crippen molar-refractivity contribution in [3.63, 3.8) is 0 Å². The number of hydrogen-bond donors (Lipinski definition) is 0. The van der Waals surface area contributed by atoms with Crippen molar-refractivity contribution >= 4 is 11.7 Å². The highest BCUT2D eigenvalue weighted by atomic mass is 19.1. The Bertz CT molecular complexity index is 1330. The fraction of sp³-hybridized carbons (Fsp3) is 0.407. The molecule has 1 amide bonds. The number of fused-ring (bicyclic) bond motifs is 1. The molecule has 2 aromatic heterocycles. The number of benzene rings is 1. The van der Waals surface area contributed by atoms with Crippen LogP contribution in [0.25, 0.3) is 16.9 Å². The molecule has 10 heteroatoms. The molecule has 196 valence electrons. The standard InChI is InChI=1S/C27H29F2N3O5/c1-16-5-6-32-21(14-18-15-31(7-8-34-18)26(33)37-27(2,3)4)24(30-22(32)11-16)23-19(28)12-17(13-20(23)29)25-35-9-10-36-25/h5-6,9-13,18,25H,7-8,14-15H2,1-4H3/t18-/m1/s1. The van der Waals surface area contributed by atoms with E-state index in [4.69, 9.17) is 18.9 Å². The van der Waals surface area contributed by atoms with E-state index < -0.39 is 35.7 Å². The van der Waals surface area contributed by atoms with E-state index in [1.54, 1.807) is 9.30 Å². The number of rotatable bonds is 4. The van der Waals surface area contributed by atoms with Crippen LogP contribution in [-0.2, 0) is 25.4 Å². The molecule has 8 nitrogen and oxygen atoms in total. The largest absolute Gasteiger partial charge is 0.455 e. The topological polar surface area (TPSA) is 74.5 Å². The SMILES string of the molecule is Cc1ccn2c(C[C@@H]3CN(C(=O)OC(C)(C)C)CCO3)c(-c3c(F)cc(C4OC=CO4)cc3F)nc2c1. The molecule has 4 heterocycles. The highest BCUT2D eigenvalue weighted by Crippen LogP contribution is 2.34. The van der Waals surface area contributed by atoms with E-state index in [1.165, 1.54) is 24.7 Å². The van der Waals surface area contributed by atoms with Crippen molar-refractivity contribution in [3.8, 4) is 11.3 Å². The number of imidazole rings is 1. The Kier molecular flexibility index (Phi) is 6.53. The van der Waals surface area contributed by atoms with Crippen LogP contribution in [0.4, 0.5) is 13.6 Å². The number of aryl methyl sites for hydroxylation is 1. The molecule has 1 aromatic carbocycles. The number of nitrogens with zero attached hydrogens (tertiary/aromatic N) is 3. The molecule has 0 N–H and O–H groups in total. The zero-order valence-electron chi connectivity index (χ0n) is 21.2. The normalized spacial score (nSPS) is 18.2. The number of hydrogen-bond acceptors (Lipinski definition) is 6. The predicted molar refractivity (Wildman–Crippen MR) is 131 cm³/mol. The summed E-state index contributed by atoms with van der Waals surface area (Å²) in [6, 6.07) is 6.12. The van der Waals surface area contributed by atoms with Gasteiger partial charge in [-0.3, -0.25) is 0 Å². The zero-order chi connectivity index (χ0) is 26.3. The highest BCUT2D eigenvalue weighted by Gasteiger charge is 2.31. The first-order valence-corrected chi connectivity index (χ1v) is 12.1. The van der Waals surface area contributed by atoms with Crippen molar-refractivity contribution in [1.29, 1.82) is 0 Å². The van der Waals surface area contributed by atoms with E-state index in [1.807, 2.05) is 46.0 Å². The molecule has 0 radical (unpaired) electrons. The average Bonchev–Trinajstić information content (AvgIpc) is 3.47. The number of pyridine rings is 1. The van der Waals surface area contributed by atoms with Gasteiger partial charge in [-0.25, -0.2) is 18.6 Å². The molecule has 1 fully saturated rings. The molecule has 1 saturated heterocycles. The molecule has 0 spiro atoms. The van der Waals surface area contributed by atoms with Crippen LogP contribution in [0.5, 0.6) is 0 Å². The van der Waals surface area contributed by atoms with Crippen molar-refractivity contribution in [2.45, 2.75) is 52.1 Å². The number of carbonyl (C=O) groups is 1. The molecule has 0 bridgehead atoms. The number of ether oxygens (including phenoxy) is 4. The lowest BCUT2D eigenvalue weighted by molar-refractivity contribution is -0.0418. The van der Waals surface area contributed by atoms with E-state index in [-0.39, 0.29) is 29.8 Å². The summed E-state index contributed by atoms with van der Waals surface area (Å²) in [4.78, 5) is 18.8. The summed E-state index contributed by atoms with van der Waals surface area (Å²) in [5.74, 6) is -1.56. The summed E-state index contributed by atoms with van der Waals surface area (Å²) in [6.07, 6.45) is 2.99. The van der Waals surface area contributed by atoms with Crippen molar-refractivity contribution in [2.75, 3.05) is 19.7 Å². The first-order valence-electron chi connectivity index (χ1n) is 12.1. The molecule has 1 atom stereocenters. The van der Waals surface area contributed by atoms with Crippen LogP contribution in [0.15, 0.2) is 43.0 Å². The Labute approximate surface area is 213 Å². The summed E-state index contributed by atoms with van der Waals surface area (Å²) < 4.78 is 54.6. The van der Waals surface area contributed by atoms with Crippen LogP contribution in [0.3, 0.4) is 0 Å². The molecular weight excluding hydrogens is 484 g/mol. The Morgan fingerprint density at radius 3 is 2.54 bits per heavy atom. The van der Waals surface area contributed by atoms with Gasteiger partial charge in [-0.1, -0.05) is 0 Å². The molecule has 2 aliphatic heterocycles. The van der Waals surface area contributed by atoms with E-state index >= 15 is 8.78 Å². The Morgan fingerprint density at radius 2 is 1.86 bits per heavy atom. The van der Waals surface area contributed by atoms with Gasteiger partial charge < -0.3 is 28.2 Å². The van der Waals surface area contributed by atoms with Crippen LogP contribution in [0, 0.1) is 18.6 Å². The minimum Gasteiger partial charge on any atom is -0.455 e. The Balaban J connectivity index is 1.49. The van der Waals surface area contributed by atoms with E-state index in [9.17, 15) is 4.79 Å². The van der Waals surface area contributed by atoms with Gasteiger partial charge in [0.05, 0.1) is 36.2 Å². The molecule has 2 aliphatic rings. The van der Waals surface area contributed by atoms with Gasteiger partial charge >= 0.3 is 6.09 Å². The Hall–Kier alpha value is -3.66. The minimum atomic E-state index is -0.907. The number of amides is 1. The summed E-state index contributed by atoms with van der Waals surface area (Å²) >= 11 is 0. The summed E-state index contributed by atoms with van der Waals surface area (Å²) in [7, 11) is 0. The van der Waals surface area contributed by atoms with Crippen molar-refractivity contribution in [2.24, 2.45) is 0 Å². The third-order valence-corrected chi connectivity index (χ3v) is 6.13. The second-order valence-corrected chi connectivity index (χ2v) is 10.2. The van der Waals surface area contributed by atoms with Crippen LogP contribution in [-0.4, -0.2) is 51.8 Å². The first-order chi connectivity index (χ1) is 17.6. The van der Waals surface area contributed by atoms with E-state index in [2.05, 4.69) is 4.98 Å². The van der Waals surface area contributed by atoms with Crippen molar-refractivity contribution < 1.29 is 32.5 Å². The lowest BCUT2D eigenvalue weighted by atomic mass is 10.0. The molecule has 3 aromatic rings. The van der Waals surface area contributed by atoms with E-state index in [0.29, 0.717) is 24.5 Å². The maximum atomic E-state index is 15.4. The second kappa shape index (κ2) is 9.66. The predicted octanol–water partition coefficient (Wildman–Crippen LogP) is 5.28. The van der Waals surface area contributed by atoms with Gasteiger partial charge in [-0.05, 0) is 57.5 Å². The zero-order valence-corrected chi connectivity index (χ0v) is 21.2. The second-order valence-electron chi connectivity index (χ2n) is 10.2. The molecule has 37 heavy (non-hydrogen) atoms. The molecule has 0 saturated carbocycles. The number of morpholine rings is 1. The first kappa shape index (κ1) is 25.0. The fourth-order valence-corrected chi connectivity index (χ4v) is 4.49. The van der Waals surface area contributed by atoms with Gasteiger partial charge in [-0.2, -0.15) is 0 Å². The van der Waals surface area contributed by atoms with Crippen molar-refractivity contribution in [3.05, 3.63) is 71.4 Å². The minimum absolute atomic E-state index is 0.177. The summed E-state index contributed by atoms with van der Waals surface area (Å²) in [6.45, 7) is 8.35. The third kappa shape index (κ3) is 5.24. The Morgan fingerprint density at radius 1 is 1.16 bits per heavy atom. The van der Waals surface area contributed by atoms with Crippen LogP contribution in [0.1, 0.15) is 43.9 Å². The van der Waals surface area contributed by atoms with Gasteiger partial charge in [0.2, 0.25) is 0 Å². The highest BCUT2D eigenvalue weighted by molar-refractivity contribution is 5.69. The van der Waals surface area contributed by atoms with Gasteiger partial charge in [0.15, 0.2) is 0 Å². The molecule has 5 rings (SSSR count). The average molecular weight is 514 g/mol.